The monoisotopic (exact) mass is 746 g/mol. The van der Waals surface area contributed by atoms with Gasteiger partial charge in [-0.05, 0) is 96.6 Å². The minimum Gasteiger partial charge on any atom is -0.309 e. The molecule has 0 bridgehead atoms. The SMILES string of the molecule is Cc1ccccc1.Cc1ccccc1-c1ccc(-c2ccc3c(c2)c2cc(-c4nc(-c5ccccc5)nc(-c5ccccc5)n4)ccc2n3-c2ccccc2)cc1C. The molecule has 0 aliphatic heterocycles. The van der Waals surface area contributed by atoms with Gasteiger partial charge in [-0.25, -0.2) is 15.0 Å². The Balaban J connectivity index is 0.000000565. The first-order valence-electron chi connectivity index (χ1n) is 19.7. The summed E-state index contributed by atoms with van der Waals surface area (Å²) in [5, 5.41) is 2.32. The molecule has 10 aromatic rings. The second kappa shape index (κ2) is 16.0. The molecular formula is C54H42N4. The molecule has 0 amide bonds. The van der Waals surface area contributed by atoms with Crippen molar-refractivity contribution in [1.29, 1.82) is 0 Å². The number of fused-ring (bicyclic) bond motifs is 3. The fraction of sp³-hybridized carbons (Fsp3) is 0.0556. The Kier molecular flexibility index (Phi) is 9.97. The van der Waals surface area contributed by atoms with Gasteiger partial charge in [-0.15, -0.1) is 0 Å². The zero-order chi connectivity index (χ0) is 39.4. The Morgan fingerprint density at radius 2 is 0.759 bits per heavy atom. The normalized spacial score (nSPS) is 11.0. The summed E-state index contributed by atoms with van der Waals surface area (Å²) in [6.45, 7) is 6.47. The van der Waals surface area contributed by atoms with Crippen LogP contribution in [0.25, 0.3) is 83.9 Å². The highest BCUT2D eigenvalue weighted by molar-refractivity contribution is 6.11. The number of hydrogen-bond acceptors (Lipinski definition) is 3. The predicted octanol–water partition coefficient (Wildman–Crippen LogP) is 13.9. The van der Waals surface area contributed by atoms with E-state index in [0.29, 0.717) is 17.5 Å². The third-order valence-electron chi connectivity index (χ3n) is 10.7. The summed E-state index contributed by atoms with van der Waals surface area (Å²) in [7, 11) is 0. The second-order valence-electron chi connectivity index (χ2n) is 14.7. The van der Waals surface area contributed by atoms with Crippen LogP contribution in [0.15, 0.2) is 200 Å². The van der Waals surface area contributed by atoms with Gasteiger partial charge in [0.2, 0.25) is 0 Å². The molecule has 0 saturated carbocycles. The number of para-hydroxylation sites is 1. The Morgan fingerprint density at radius 3 is 1.29 bits per heavy atom. The van der Waals surface area contributed by atoms with Gasteiger partial charge in [-0.3, -0.25) is 0 Å². The van der Waals surface area contributed by atoms with E-state index >= 15 is 0 Å². The van der Waals surface area contributed by atoms with Crippen LogP contribution in [-0.4, -0.2) is 19.5 Å². The van der Waals surface area contributed by atoms with Crippen LogP contribution in [0.1, 0.15) is 16.7 Å². The first kappa shape index (κ1) is 36.2. The van der Waals surface area contributed by atoms with E-state index in [4.69, 9.17) is 15.0 Å². The van der Waals surface area contributed by atoms with Gasteiger partial charge in [-0.2, -0.15) is 0 Å². The number of benzene rings is 8. The number of nitrogens with zero attached hydrogens (tertiary/aromatic N) is 4. The van der Waals surface area contributed by atoms with Gasteiger partial charge < -0.3 is 4.57 Å². The first-order valence-corrected chi connectivity index (χ1v) is 19.7. The summed E-state index contributed by atoms with van der Waals surface area (Å²) in [5.41, 5.74) is 15.0. The lowest BCUT2D eigenvalue weighted by atomic mass is 9.93. The van der Waals surface area contributed by atoms with Crippen LogP contribution in [-0.2, 0) is 0 Å². The molecule has 0 N–H and O–H groups in total. The van der Waals surface area contributed by atoms with Gasteiger partial charge in [0.25, 0.3) is 0 Å². The average Bonchev–Trinajstić information content (AvgIpc) is 3.61. The number of hydrogen-bond donors (Lipinski definition) is 0. The minimum atomic E-state index is 0.642. The van der Waals surface area contributed by atoms with Crippen LogP contribution in [0.3, 0.4) is 0 Å². The Labute approximate surface area is 339 Å². The van der Waals surface area contributed by atoms with Gasteiger partial charge in [0.1, 0.15) is 0 Å². The van der Waals surface area contributed by atoms with Crippen molar-refractivity contribution in [2.45, 2.75) is 20.8 Å². The topological polar surface area (TPSA) is 43.6 Å². The maximum atomic E-state index is 5.04. The Morgan fingerprint density at radius 1 is 0.328 bits per heavy atom. The third kappa shape index (κ3) is 7.32. The van der Waals surface area contributed by atoms with Gasteiger partial charge in [0.15, 0.2) is 17.5 Å². The highest BCUT2D eigenvalue weighted by atomic mass is 15.0. The van der Waals surface area contributed by atoms with Crippen LogP contribution >= 0.6 is 0 Å². The fourth-order valence-electron chi connectivity index (χ4n) is 7.69. The summed E-state index contributed by atoms with van der Waals surface area (Å²) in [6.07, 6.45) is 0. The lowest BCUT2D eigenvalue weighted by Gasteiger charge is -2.12. The molecule has 0 atom stereocenters. The number of aromatic nitrogens is 4. The van der Waals surface area contributed by atoms with E-state index in [9.17, 15) is 0 Å². The van der Waals surface area contributed by atoms with Gasteiger partial charge in [-0.1, -0.05) is 163 Å². The predicted molar refractivity (Wildman–Crippen MR) is 242 cm³/mol. The summed E-state index contributed by atoms with van der Waals surface area (Å²) in [6, 6.07) is 69.9. The fourth-order valence-corrected chi connectivity index (χ4v) is 7.69. The lowest BCUT2D eigenvalue weighted by molar-refractivity contribution is 1.07. The van der Waals surface area contributed by atoms with Gasteiger partial charge >= 0.3 is 0 Å². The quantitative estimate of drug-likeness (QED) is 0.170. The van der Waals surface area contributed by atoms with Crippen LogP contribution in [0.4, 0.5) is 0 Å². The lowest BCUT2D eigenvalue weighted by Crippen LogP contribution is -2.00. The van der Waals surface area contributed by atoms with Crippen molar-refractivity contribution in [3.05, 3.63) is 217 Å². The molecule has 2 aromatic heterocycles. The second-order valence-corrected chi connectivity index (χ2v) is 14.7. The van der Waals surface area contributed by atoms with Crippen molar-refractivity contribution in [3.63, 3.8) is 0 Å². The molecule has 0 unspecified atom stereocenters. The maximum Gasteiger partial charge on any atom is 0.164 e. The van der Waals surface area contributed by atoms with Crippen molar-refractivity contribution in [3.8, 4) is 62.1 Å². The highest BCUT2D eigenvalue weighted by Gasteiger charge is 2.18. The van der Waals surface area contributed by atoms with Crippen molar-refractivity contribution < 1.29 is 0 Å². The van der Waals surface area contributed by atoms with E-state index in [0.717, 1.165) is 38.8 Å². The summed E-state index contributed by atoms with van der Waals surface area (Å²) < 4.78 is 2.35. The Hall–Kier alpha value is -7.43. The van der Waals surface area contributed by atoms with Crippen LogP contribution < -0.4 is 0 Å². The van der Waals surface area contributed by atoms with Crippen molar-refractivity contribution in [2.24, 2.45) is 0 Å². The average molecular weight is 747 g/mol. The van der Waals surface area contributed by atoms with Gasteiger partial charge in [0, 0.05) is 33.2 Å². The first-order chi connectivity index (χ1) is 28.5. The van der Waals surface area contributed by atoms with E-state index in [-0.39, 0.29) is 0 Å². The molecule has 4 heteroatoms. The molecule has 278 valence electrons. The van der Waals surface area contributed by atoms with E-state index in [1.807, 2.05) is 78.9 Å². The summed E-state index contributed by atoms with van der Waals surface area (Å²) in [4.78, 5) is 15.0. The molecule has 8 aromatic carbocycles. The molecule has 10 rings (SSSR count). The molecule has 0 fully saturated rings. The minimum absolute atomic E-state index is 0.642. The van der Waals surface area contributed by atoms with E-state index in [2.05, 4.69) is 147 Å². The molecule has 0 saturated heterocycles. The van der Waals surface area contributed by atoms with Crippen molar-refractivity contribution in [1.82, 2.24) is 19.5 Å². The summed E-state index contributed by atoms with van der Waals surface area (Å²) >= 11 is 0. The van der Waals surface area contributed by atoms with E-state index < -0.39 is 0 Å². The molecule has 0 aliphatic rings. The van der Waals surface area contributed by atoms with Gasteiger partial charge in [0.05, 0.1) is 11.0 Å². The molecule has 58 heavy (non-hydrogen) atoms. The van der Waals surface area contributed by atoms with E-state index in [1.165, 1.54) is 44.3 Å². The van der Waals surface area contributed by atoms with Crippen molar-refractivity contribution in [2.75, 3.05) is 0 Å². The van der Waals surface area contributed by atoms with Crippen LogP contribution in [0.5, 0.6) is 0 Å². The zero-order valence-electron chi connectivity index (χ0n) is 32.8. The molecular weight excluding hydrogens is 705 g/mol. The molecule has 0 radical (unpaired) electrons. The molecule has 2 heterocycles. The largest absolute Gasteiger partial charge is 0.309 e. The van der Waals surface area contributed by atoms with Crippen molar-refractivity contribution >= 4 is 21.8 Å². The highest BCUT2D eigenvalue weighted by Crippen LogP contribution is 2.38. The van der Waals surface area contributed by atoms with Crippen LogP contribution in [0, 0.1) is 20.8 Å². The zero-order valence-corrected chi connectivity index (χ0v) is 32.8. The maximum absolute atomic E-state index is 5.04. The smallest absolute Gasteiger partial charge is 0.164 e. The number of rotatable bonds is 6. The standard InChI is InChI=1S/C47H34N4.C7H8/c1-31-14-12-13-21-39(31)40-25-22-35(28-32(40)2)36-23-26-43-41(29-36)42-30-37(24-27-44(42)51(43)38-19-10-5-11-20-38)47-49-45(33-15-6-3-7-16-33)48-46(50-47)34-17-8-4-9-18-34;1-7-5-3-2-4-6-7/h3-30H,1-2H3;2-6H,1H3. The molecule has 4 nitrogen and oxygen atoms in total. The van der Waals surface area contributed by atoms with E-state index in [1.54, 1.807) is 0 Å². The molecule has 0 spiro atoms. The third-order valence-corrected chi connectivity index (χ3v) is 10.7. The van der Waals surface area contributed by atoms with Crippen LogP contribution in [0.2, 0.25) is 0 Å². The Bertz CT molecular complexity index is 2950. The summed E-state index contributed by atoms with van der Waals surface area (Å²) in [5.74, 6) is 1.94. The number of aryl methyl sites for hydroxylation is 3. The molecule has 0 aliphatic carbocycles.